The lowest BCUT2D eigenvalue weighted by atomic mass is 9.94. The average Bonchev–Trinajstić information content (AvgIpc) is 2.36. The summed E-state index contributed by atoms with van der Waals surface area (Å²) in [5.74, 6) is 0.129. The molecular formula is C15H30O4. The third-order valence-corrected chi connectivity index (χ3v) is 3.56. The third-order valence-electron chi connectivity index (χ3n) is 3.56. The molecule has 0 heterocycles. The van der Waals surface area contributed by atoms with Gasteiger partial charge in [-0.3, -0.25) is 0 Å². The highest BCUT2D eigenvalue weighted by molar-refractivity contribution is 5.70. The second kappa shape index (κ2) is 9.32. The maximum Gasteiger partial charge on any atom is 0.332 e. The highest BCUT2D eigenvalue weighted by Gasteiger charge is 2.19. The van der Waals surface area contributed by atoms with Gasteiger partial charge in [0.1, 0.15) is 6.61 Å². The van der Waals surface area contributed by atoms with Crippen molar-refractivity contribution in [2.24, 2.45) is 5.92 Å². The van der Waals surface area contributed by atoms with Crippen molar-refractivity contribution in [3.8, 4) is 0 Å². The first kappa shape index (κ1) is 18.4. The van der Waals surface area contributed by atoms with Gasteiger partial charge in [0.05, 0.1) is 18.3 Å². The standard InChI is InChI=1S/C15H30O4/c1-7-18-14(16)11-19-13(3)12(2)9-8-10-15(4,5)17-6/h12-13H,7-11H2,1-6H3. The molecule has 0 fully saturated rings. The number of carbonyl (C=O) groups is 1. The number of rotatable bonds is 10. The Morgan fingerprint density at radius 2 is 1.89 bits per heavy atom. The number of esters is 1. The second-order valence-electron chi connectivity index (χ2n) is 5.65. The van der Waals surface area contributed by atoms with Crippen LogP contribution >= 0.6 is 0 Å². The van der Waals surface area contributed by atoms with E-state index < -0.39 is 0 Å². The van der Waals surface area contributed by atoms with E-state index in [-0.39, 0.29) is 24.3 Å². The monoisotopic (exact) mass is 274 g/mol. The number of ether oxygens (including phenoxy) is 3. The molecule has 0 aliphatic rings. The van der Waals surface area contributed by atoms with Crippen molar-refractivity contribution in [2.75, 3.05) is 20.3 Å². The van der Waals surface area contributed by atoms with E-state index in [2.05, 4.69) is 20.8 Å². The second-order valence-corrected chi connectivity index (χ2v) is 5.65. The largest absolute Gasteiger partial charge is 0.464 e. The van der Waals surface area contributed by atoms with Crippen LogP contribution in [0.1, 0.15) is 53.9 Å². The molecule has 0 bridgehead atoms. The maximum absolute atomic E-state index is 11.2. The van der Waals surface area contributed by atoms with Crippen LogP contribution in [0.4, 0.5) is 0 Å². The van der Waals surface area contributed by atoms with Gasteiger partial charge in [0.25, 0.3) is 0 Å². The van der Waals surface area contributed by atoms with Crippen molar-refractivity contribution in [1.82, 2.24) is 0 Å². The van der Waals surface area contributed by atoms with Crippen molar-refractivity contribution < 1.29 is 19.0 Å². The number of methoxy groups -OCH3 is 1. The molecule has 0 aromatic rings. The molecular weight excluding hydrogens is 244 g/mol. The number of hydrogen-bond donors (Lipinski definition) is 0. The lowest BCUT2D eigenvalue weighted by molar-refractivity contribution is -0.151. The lowest BCUT2D eigenvalue weighted by Gasteiger charge is -2.25. The Bertz CT molecular complexity index is 251. The number of carbonyl (C=O) groups excluding carboxylic acids is 1. The molecule has 0 radical (unpaired) electrons. The quantitative estimate of drug-likeness (QED) is 0.574. The van der Waals surface area contributed by atoms with Crippen LogP contribution in [0.3, 0.4) is 0 Å². The van der Waals surface area contributed by atoms with E-state index in [1.54, 1.807) is 14.0 Å². The molecule has 0 aromatic carbocycles. The minimum absolute atomic E-state index is 0.0446. The van der Waals surface area contributed by atoms with Crippen molar-refractivity contribution in [1.29, 1.82) is 0 Å². The average molecular weight is 274 g/mol. The van der Waals surface area contributed by atoms with Gasteiger partial charge >= 0.3 is 5.97 Å². The Balaban J connectivity index is 3.81. The van der Waals surface area contributed by atoms with E-state index in [0.717, 1.165) is 19.3 Å². The molecule has 0 aliphatic heterocycles. The zero-order valence-corrected chi connectivity index (χ0v) is 13.3. The fourth-order valence-corrected chi connectivity index (χ4v) is 1.75. The zero-order chi connectivity index (χ0) is 14.9. The minimum Gasteiger partial charge on any atom is -0.464 e. The van der Waals surface area contributed by atoms with E-state index in [0.29, 0.717) is 12.5 Å². The molecule has 19 heavy (non-hydrogen) atoms. The fourth-order valence-electron chi connectivity index (χ4n) is 1.75. The molecule has 0 aromatic heterocycles. The van der Waals surface area contributed by atoms with E-state index in [1.165, 1.54) is 0 Å². The molecule has 0 N–H and O–H groups in total. The van der Waals surface area contributed by atoms with Crippen LogP contribution in [-0.4, -0.2) is 38.0 Å². The molecule has 2 unspecified atom stereocenters. The summed E-state index contributed by atoms with van der Waals surface area (Å²) in [4.78, 5) is 11.2. The summed E-state index contributed by atoms with van der Waals surface area (Å²) in [7, 11) is 1.74. The summed E-state index contributed by atoms with van der Waals surface area (Å²) in [5, 5.41) is 0. The van der Waals surface area contributed by atoms with E-state index in [1.807, 2.05) is 6.92 Å². The summed E-state index contributed by atoms with van der Waals surface area (Å²) in [6.45, 7) is 10.6. The van der Waals surface area contributed by atoms with Crippen LogP contribution < -0.4 is 0 Å². The highest BCUT2D eigenvalue weighted by atomic mass is 16.6. The lowest BCUT2D eigenvalue weighted by Crippen LogP contribution is -2.25. The Hall–Kier alpha value is -0.610. The minimum atomic E-state index is -0.290. The molecule has 0 spiro atoms. The SMILES string of the molecule is CCOC(=O)COC(C)C(C)CCCC(C)(C)OC. The van der Waals surface area contributed by atoms with Gasteiger partial charge in [0.2, 0.25) is 0 Å². The fraction of sp³-hybridized carbons (Fsp3) is 0.933. The van der Waals surface area contributed by atoms with Crippen LogP contribution in [0.15, 0.2) is 0 Å². The van der Waals surface area contributed by atoms with Crippen LogP contribution in [0.25, 0.3) is 0 Å². The normalized spacial score (nSPS) is 15.1. The van der Waals surface area contributed by atoms with Gasteiger partial charge in [-0.05, 0) is 46.5 Å². The molecule has 0 aliphatic carbocycles. The molecule has 0 saturated heterocycles. The Labute approximate surface area is 117 Å². The Morgan fingerprint density at radius 3 is 2.42 bits per heavy atom. The first-order chi connectivity index (χ1) is 8.82. The first-order valence-electron chi connectivity index (χ1n) is 7.14. The molecule has 2 atom stereocenters. The van der Waals surface area contributed by atoms with E-state index >= 15 is 0 Å². The molecule has 4 heteroatoms. The third kappa shape index (κ3) is 9.00. The van der Waals surface area contributed by atoms with Gasteiger partial charge in [0, 0.05) is 7.11 Å². The topological polar surface area (TPSA) is 44.8 Å². The van der Waals surface area contributed by atoms with Gasteiger partial charge in [0.15, 0.2) is 0 Å². The van der Waals surface area contributed by atoms with Gasteiger partial charge < -0.3 is 14.2 Å². The highest BCUT2D eigenvalue weighted by Crippen LogP contribution is 2.21. The van der Waals surface area contributed by atoms with Crippen LogP contribution in [0.2, 0.25) is 0 Å². The van der Waals surface area contributed by atoms with Gasteiger partial charge in [-0.1, -0.05) is 13.3 Å². The van der Waals surface area contributed by atoms with Gasteiger partial charge in [-0.25, -0.2) is 4.79 Å². The van der Waals surface area contributed by atoms with E-state index in [9.17, 15) is 4.79 Å². The molecule has 0 rings (SSSR count). The van der Waals surface area contributed by atoms with Crippen LogP contribution in [-0.2, 0) is 19.0 Å². The summed E-state index contributed by atoms with van der Waals surface area (Å²) in [5.41, 5.74) is -0.0608. The van der Waals surface area contributed by atoms with Gasteiger partial charge in [-0.15, -0.1) is 0 Å². The van der Waals surface area contributed by atoms with Gasteiger partial charge in [-0.2, -0.15) is 0 Å². The summed E-state index contributed by atoms with van der Waals surface area (Å²) < 4.78 is 15.7. The Kier molecular flexibility index (Phi) is 9.02. The summed E-state index contributed by atoms with van der Waals surface area (Å²) in [6.07, 6.45) is 3.25. The van der Waals surface area contributed by atoms with Crippen molar-refractivity contribution in [2.45, 2.75) is 65.6 Å². The molecule has 0 amide bonds. The maximum atomic E-state index is 11.2. The van der Waals surface area contributed by atoms with Crippen molar-refractivity contribution >= 4 is 5.97 Å². The predicted molar refractivity (Wildman–Crippen MR) is 76.2 cm³/mol. The van der Waals surface area contributed by atoms with Crippen LogP contribution in [0, 0.1) is 5.92 Å². The molecule has 0 saturated carbocycles. The summed E-state index contributed by atoms with van der Waals surface area (Å²) in [6, 6.07) is 0. The molecule has 114 valence electrons. The van der Waals surface area contributed by atoms with E-state index in [4.69, 9.17) is 14.2 Å². The first-order valence-corrected chi connectivity index (χ1v) is 7.14. The number of hydrogen-bond acceptors (Lipinski definition) is 4. The van der Waals surface area contributed by atoms with Crippen molar-refractivity contribution in [3.63, 3.8) is 0 Å². The summed E-state index contributed by atoms with van der Waals surface area (Å²) >= 11 is 0. The predicted octanol–water partition coefficient (Wildman–Crippen LogP) is 3.19. The Morgan fingerprint density at radius 1 is 1.26 bits per heavy atom. The smallest absolute Gasteiger partial charge is 0.332 e. The molecule has 4 nitrogen and oxygen atoms in total. The van der Waals surface area contributed by atoms with Crippen LogP contribution in [0.5, 0.6) is 0 Å². The zero-order valence-electron chi connectivity index (χ0n) is 13.3. The van der Waals surface area contributed by atoms with Crippen molar-refractivity contribution in [3.05, 3.63) is 0 Å².